The number of hydrogen-bond donors (Lipinski definition) is 1. The van der Waals surface area contributed by atoms with E-state index >= 15 is 0 Å². The summed E-state index contributed by atoms with van der Waals surface area (Å²) in [5, 5.41) is 2.49. The Morgan fingerprint density at radius 1 is 1.32 bits per heavy atom. The lowest BCUT2D eigenvalue weighted by Crippen LogP contribution is -2.06. The summed E-state index contributed by atoms with van der Waals surface area (Å²) in [6.45, 7) is 1.37. The number of benzene rings is 1. The lowest BCUT2D eigenvalue weighted by atomic mass is 10.3. The van der Waals surface area contributed by atoms with Crippen LogP contribution >= 0.6 is 11.3 Å². The van der Waals surface area contributed by atoms with Crippen LogP contribution in [-0.4, -0.2) is 28.3 Å². The lowest BCUT2D eigenvalue weighted by molar-refractivity contribution is 0.188. The Kier molecular flexibility index (Phi) is 3.18. The minimum absolute atomic E-state index is 0.556. The second-order valence-electron chi connectivity index (χ2n) is 4.14. The average Bonchev–Trinajstić information content (AvgIpc) is 3.00. The second kappa shape index (κ2) is 4.99. The smallest absolute Gasteiger partial charge is 0.180 e. The Morgan fingerprint density at radius 3 is 2.89 bits per heavy atom. The number of anilines is 1. The SMILES string of the molecule is COCCn1c(-c2csc(N)n2)nc2ccccc21. The highest BCUT2D eigenvalue weighted by Crippen LogP contribution is 2.26. The number of aromatic nitrogens is 3. The van der Waals surface area contributed by atoms with E-state index in [2.05, 4.69) is 20.6 Å². The van der Waals surface area contributed by atoms with Crippen LogP contribution in [0.3, 0.4) is 0 Å². The summed E-state index contributed by atoms with van der Waals surface area (Å²) in [7, 11) is 1.69. The van der Waals surface area contributed by atoms with Crippen LogP contribution < -0.4 is 5.73 Å². The summed E-state index contributed by atoms with van der Waals surface area (Å²) in [5.41, 5.74) is 8.56. The van der Waals surface area contributed by atoms with Crippen molar-refractivity contribution < 1.29 is 4.74 Å². The van der Waals surface area contributed by atoms with E-state index in [9.17, 15) is 0 Å². The Bertz CT molecular complexity index is 704. The second-order valence-corrected chi connectivity index (χ2v) is 5.03. The predicted octanol–water partition coefficient (Wildman–Crippen LogP) is 2.39. The van der Waals surface area contributed by atoms with E-state index in [-0.39, 0.29) is 0 Å². The highest BCUT2D eigenvalue weighted by molar-refractivity contribution is 7.13. The van der Waals surface area contributed by atoms with Crippen molar-refractivity contribution in [1.29, 1.82) is 0 Å². The summed E-state index contributed by atoms with van der Waals surface area (Å²) < 4.78 is 7.29. The molecule has 0 bridgehead atoms. The fourth-order valence-electron chi connectivity index (χ4n) is 2.07. The van der Waals surface area contributed by atoms with Crippen molar-refractivity contribution in [3.8, 4) is 11.5 Å². The Hall–Kier alpha value is -1.92. The molecular weight excluding hydrogens is 260 g/mol. The van der Waals surface area contributed by atoms with Gasteiger partial charge in [0.15, 0.2) is 11.0 Å². The van der Waals surface area contributed by atoms with Gasteiger partial charge in [-0.25, -0.2) is 9.97 Å². The minimum Gasteiger partial charge on any atom is -0.383 e. The van der Waals surface area contributed by atoms with E-state index in [1.165, 1.54) is 11.3 Å². The highest BCUT2D eigenvalue weighted by Gasteiger charge is 2.14. The first-order chi connectivity index (χ1) is 9.29. The Labute approximate surface area is 114 Å². The number of nitrogens with zero attached hydrogens (tertiary/aromatic N) is 3. The molecule has 0 aliphatic carbocycles. The number of para-hydroxylation sites is 2. The zero-order chi connectivity index (χ0) is 13.2. The van der Waals surface area contributed by atoms with Gasteiger partial charge < -0.3 is 15.0 Å². The molecular formula is C13H14N4OS. The number of imidazole rings is 1. The zero-order valence-corrected chi connectivity index (χ0v) is 11.4. The largest absolute Gasteiger partial charge is 0.383 e. The molecule has 0 saturated carbocycles. The molecule has 3 rings (SSSR count). The lowest BCUT2D eigenvalue weighted by Gasteiger charge is -2.06. The summed E-state index contributed by atoms with van der Waals surface area (Å²) in [6, 6.07) is 8.04. The Morgan fingerprint density at radius 2 is 2.16 bits per heavy atom. The molecule has 0 atom stereocenters. The van der Waals surface area contributed by atoms with Gasteiger partial charge in [-0.05, 0) is 12.1 Å². The molecule has 0 amide bonds. The van der Waals surface area contributed by atoms with Crippen molar-refractivity contribution in [3.63, 3.8) is 0 Å². The zero-order valence-electron chi connectivity index (χ0n) is 10.5. The van der Waals surface area contributed by atoms with Crippen molar-refractivity contribution in [2.24, 2.45) is 0 Å². The maximum absolute atomic E-state index is 5.71. The number of nitrogens with two attached hydrogens (primary N) is 1. The number of nitrogen functional groups attached to an aromatic ring is 1. The fourth-order valence-corrected chi connectivity index (χ4v) is 2.61. The summed E-state index contributed by atoms with van der Waals surface area (Å²) >= 11 is 1.42. The van der Waals surface area contributed by atoms with Gasteiger partial charge in [-0.2, -0.15) is 0 Å². The number of ether oxygens (including phenoxy) is 1. The van der Waals surface area contributed by atoms with E-state index in [1.54, 1.807) is 7.11 Å². The first kappa shape index (κ1) is 12.1. The van der Waals surface area contributed by atoms with Crippen LogP contribution in [0.1, 0.15) is 0 Å². The maximum Gasteiger partial charge on any atom is 0.180 e. The van der Waals surface area contributed by atoms with Crippen molar-refractivity contribution >= 4 is 27.5 Å². The van der Waals surface area contributed by atoms with Crippen LogP contribution in [0.2, 0.25) is 0 Å². The fraction of sp³-hybridized carbons (Fsp3) is 0.231. The summed E-state index contributed by atoms with van der Waals surface area (Å²) in [6.07, 6.45) is 0. The molecule has 6 heteroatoms. The molecule has 0 unspecified atom stereocenters. The van der Waals surface area contributed by atoms with E-state index in [1.807, 2.05) is 23.6 Å². The number of fused-ring (bicyclic) bond motifs is 1. The topological polar surface area (TPSA) is 66.0 Å². The molecule has 19 heavy (non-hydrogen) atoms. The minimum atomic E-state index is 0.556. The average molecular weight is 274 g/mol. The first-order valence-electron chi connectivity index (χ1n) is 5.95. The van der Waals surface area contributed by atoms with Crippen molar-refractivity contribution in [1.82, 2.24) is 14.5 Å². The van der Waals surface area contributed by atoms with E-state index in [0.717, 1.165) is 29.1 Å². The number of methoxy groups -OCH3 is 1. The van der Waals surface area contributed by atoms with Crippen molar-refractivity contribution in [2.45, 2.75) is 6.54 Å². The number of hydrogen-bond acceptors (Lipinski definition) is 5. The molecule has 0 saturated heterocycles. The van der Waals surface area contributed by atoms with Gasteiger partial charge in [-0.1, -0.05) is 12.1 Å². The molecule has 2 N–H and O–H groups in total. The monoisotopic (exact) mass is 274 g/mol. The van der Waals surface area contributed by atoms with Crippen LogP contribution in [0.5, 0.6) is 0 Å². The molecule has 1 aromatic carbocycles. The van der Waals surface area contributed by atoms with Gasteiger partial charge in [0.1, 0.15) is 5.69 Å². The van der Waals surface area contributed by atoms with Crippen molar-refractivity contribution in [2.75, 3.05) is 19.5 Å². The molecule has 3 aromatic rings. The van der Waals surface area contributed by atoms with E-state index in [4.69, 9.17) is 10.5 Å². The van der Waals surface area contributed by atoms with Gasteiger partial charge in [0.05, 0.1) is 17.6 Å². The van der Waals surface area contributed by atoms with Gasteiger partial charge in [0, 0.05) is 19.0 Å². The van der Waals surface area contributed by atoms with Crippen LogP contribution in [0.15, 0.2) is 29.6 Å². The third-order valence-electron chi connectivity index (χ3n) is 2.92. The molecule has 5 nitrogen and oxygen atoms in total. The Balaban J connectivity index is 2.16. The molecule has 2 aromatic heterocycles. The van der Waals surface area contributed by atoms with Gasteiger partial charge >= 0.3 is 0 Å². The van der Waals surface area contributed by atoms with Crippen LogP contribution in [0, 0.1) is 0 Å². The van der Waals surface area contributed by atoms with Gasteiger partial charge in [-0.3, -0.25) is 0 Å². The maximum atomic E-state index is 5.71. The number of rotatable bonds is 4. The molecule has 0 spiro atoms. The van der Waals surface area contributed by atoms with Gasteiger partial charge in [0.25, 0.3) is 0 Å². The first-order valence-corrected chi connectivity index (χ1v) is 6.83. The number of thiazole rings is 1. The van der Waals surface area contributed by atoms with E-state index < -0.39 is 0 Å². The molecule has 98 valence electrons. The molecule has 2 heterocycles. The van der Waals surface area contributed by atoms with Crippen LogP contribution in [0.4, 0.5) is 5.13 Å². The molecule has 0 fully saturated rings. The molecule has 0 aliphatic heterocycles. The summed E-state index contributed by atoms with van der Waals surface area (Å²) in [5.74, 6) is 0.839. The highest BCUT2D eigenvalue weighted by atomic mass is 32.1. The van der Waals surface area contributed by atoms with Crippen LogP contribution in [-0.2, 0) is 11.3 Å². The third-order valence-corrected chi connectivity index (χ3v) is 3.60. The summed E-state index contributed by atoms with van der Waals surface area (Å²) in [4.78, 5) is 8.96. The van der Waals surface area contributed by atoms with Crippen molar-refractivity contribution in [3.05, 3.63) is 29.6 Å². The molecule has 0 aliphatic rings. The van der Waals surface area contributed by atoms with Crippen LogP contribution in [0.25, 0.3) is 22.6 Å². The van der Waals surface area contributed by atoms with Gasteiger partial charge in [0.2, 0.25) is 0 Å². The standard InChI is InChI=1S/C13H14N4OS/c1-18-7-6-17-11-5-3-2-4-9(11)15-12(17)10-8-19-13(14)16-10/h2-5,8H,6-7H2,1H3,(H2,14,16). The molecule has 0 radical (unpaired) electrons. The quantitative estimate of drug-likeness (QED) is 0.793. The predicted molar refractivity (Wildman–Crippen MR) is 77.1 cm³/mol. The van der Waals surface area contributed by atoms with Gasteiger partial charge in [-0.15, -0.1) is 11.3 Å². The normalized spacial score (nSPS) is 11.2. The third kappa shape index (κ3) is 2.20. The van der Waals surface area contributed by atoms with E-state index in [0.29, 0.717) is 11.7 Å².